The summed E-state index contributed by atoms with van der Waals surface area (Å²) in [5, 5.41) is 12.0. The van der Waals surface area contributed by atoms with E-state index in [1.165, 1.54) is 9.80 Å². The molecule has 3 amide bonds. The van der Waals surface area contributed by atoms with Gasteiger partial charge in [0.15, 0.2) is 5.82 Å². The first-order valence-corrected chi connectivity index (χ1v) is 14.2. The van der Waals surface area contributed by atoms with E-state index in [0.29, 0.717) is 18.2 Å². The van der Waals surface area contributed by atoms with Gasteiger partial charge in [0.25, 0.3) is 5.91 Å². The summed E-state index contributed by atoms with van der Waals surface area (Å²) in [4.78, 5) is 65.0. The van der Waals surface area contributed by atoms with Crippen molar-refractivity contribution in [3.63, 3.8) is 0 Å². The van der Waals surface area contributed by atoms with Crippen molar-refractivity contribution in [2.45, 2.75) is 44.7 Å². The predicted octanol–water partition coefficient (Wildman–Crippen LogP) is 2.02. The van der Waals surface area contributed by atoms with E-state index in [0.717, 1.165) is 24.9 Å². The number of carboxylic acids is 1. The first-order valence-electron chi connectivity index (χ1n) is 14.2. The molecule has 2 atom stereocenters. The number of carboxylic acid groups (broad SMARTS) is 1. The number of hydrogen-bond donors (Lipinski definition) is 2. The molecule has 1 aromatic carbocycles. The van der Waals surface area contributed by atoms with Crippen LogP contribution in [-0.4, -0.2) is 114 Å². The Labute approximate surface area is 244 Å². The third kappa shape index (κ3) is 7.72. The number of hydrogen-bond acceptors (Lipinski definition) is 9. The lowest BCUT2D eigenvalue weighted by Crippen LogP contribution is -2.56. The molecule has 0 saturated carbocycles. The minimum absolute atomic E-state index is 0.0715. The first-order chi connectivity index (χ1) is 20.3. The maximum Gasteiger partial charge on any atom is 0.409 e. The van der Waals surface area contributed by atoms with Crippen LogP contribution in [0.5, 0.6) is 0 Å². The van der Waals surface area contributed by atoms with Gasteiger partial charge in [-0.1, -0.05) is 30.3 Å². The van der Waals surface area contributed by atoms with Gasteiger partial charge in [-0.2, -0.15) is 0 Å². The molecule has 1 aromatic heterocycles. The summed E-state index contributed by atoms with van der Waals surface area (Å²) in [7, 11) is 1.65. The zero-order valence-electron chi connectivity index (χ0n) is 24.0. The van der Waals surface area contributed by atoms with Crippen LogP contribution in [0.2, 0.25) is 0 Å². The van der Waals surface area contributed by atoms with Crippen LogP contribution in [0, 0.1) is 0 Å². The largest absolute Gasteiger partial charge is 0.481 e. The predicted molar refractivity (Wildman–Crippen MR) is 153 cm³/mol. The monoisotopic (exact) mass is 582 g/mol. The van der Waals surface area contributed by atoms with Crippen LogP contribution in [0.3, 0.4) is 0 Å². The highest BCUT2D eigenvalue weighted by molar-refractivity contribution is 5.97. The third-order valence-corrected chi connectivity index (χ3v) is 7.38. The van der Waals surface area contributed by atoms with Crippen molar-refractivity contribution in [2.75, 3.05) is 57.9 Å². The number of benzene rings is 1. The fourth-order valence-corrected chi connectivity index (χ4v) is 5.22. The molecule has 0 bridgehead atoms. The molecule has 4 rings (SSSR count). The third-order valence-electron chi connectivity index (χ3n) is 7.38. The van der Waals surface area contributed by atoms with E-state index in [4.69, 9.17) is 14.5 Å². The van der Waals surface area contributed by atoms with Crippen molar-refractivity contribution in [3.05, 3.63) is 42.1 Å². The molecule has 2 N–H and O–H groups in total. The topological polar surface area (TPSA) is 154 Å². The molecule has 0 aliphatic carbocycles. The zero-order valence-corrected chi connectivity index (χ0v) is 24.0. The van der Waals surface area contributed by atoms with E-state index in [1.807, 2.05) is 30.3 Å². The fraction of sp³-hybridized carbons (Fsp3) is 0.517. The Kier molecular flexibility index (Phi) is 10.7. The lowest BCUT2D eigenvalue weighted by atomic mass is 10.1. The molecule has 2 fully saturated rings. The van der Waals surface area contributed by atoms with Crippen molar-refractivity contribution in [1.29, 1.82) is 0 Å². The molecule has 3 heterocycles. The second-order valence-electron chi connectivity index (χ2n) is 10.2. The Bertz CT molecular complexity index is 1250. The Balaban J connectivity index is 1.57. The second kappa shape index (κ2) is 14.6. The average molecular weight is 583 g/mol. The van der Waals surface area contributed by atoms with Gasteiger partial charge in [0.2, 0.25) is 5.91 Å². The Morgan fingerprint density at radius 2 is 1.76 bits per heavy atom. The van der Waals surface area contributed by atoms with Crippen LogP contribution in [-0.2, 0) is 19.1 Å². The molecule has 13 nitrogen and oxygen atoms in total. The van der Waals surface area contributed by atoms with E-state index >= 15 is 0 Å². The number of carbonyl (C=O) groups is 4. The van der Waals surface area contributed by atoms with Gasteiger partial charge in [0.05, 0.1) is 19.3 Å². The number of aromatic nitrogens is 2. The molecule has 2 aromatic rings. The molecule has 2 aliphatic rings. The van der Waals surface area contributed by atoms with Crippen molar-refractivity contribution < 1.29 is 33.8 Å². The second-order valence-corrected chi connectivity index (χ2v) is 10.2. The summed E-state index contributed by atoms with van der Waals surface area (Å²) in [6.07, 6.45) is 1.03. The summed E-state index contributed by atoms with van der Waals surface area (Å²) < 4.78 is 10.4. The quantitative estimate of drug-likeness (QED) is 0.402. The van der Waals surface area contributed by atoms with Crippen LogP contribution >= 0.6 is 0 Å². The summed E-state index contributed by atoms with van der Waals surface area (Å²) >= 11 is 0. The number of amides is 3. The van der Waals surface area contributed by atoms with Gasteiger partial charge in [0.1, 0.15) is 17.6 Å². The first kappa shape index (κ1) is 30.7. The highest BCUT2D eigenvalue weighted by atomic mass is 16.6. The standard InChI is InChI=1S/C29H38N6O7/c1-3-42-29(40)34-16-14-33(15-17-34)28(39)22(11-12-25(36)37)31-27(38)23-18-24(35-13-7-10-21(35)19-41-2)32-26(30-23)20-8-5-4-6-9-20/h4-6,8-9,18,21-22H,3,7,10-17,19H2,1-2H3,(H,31,38)(H,36,37)/t21-,22+/m1/s1. The molecule has 42 heavy (non-hydrogen) atoms. The van der Waals surface area contributed by atoms with Gasteiger partial charge in [0, 0.05) is 57.9 Å². The maximum atomic E-state index is 13.6. The summed E-state index contributed by atoms with van der Waals surface area (Å²) in [6.45, 7) is 4.27. The van der Waals surface area contributed by atoms with Crippen molar-refractivity contribution >= 4 is 29.7 Å². The fourth-order valence-electron chi connectivity index (χ4n) is 5.22. The number of ether oxygens (including phenoxy) is 2. The number of carbonyl (C=O) groups excluding carboxylic acids is 3. The minimum atomic E-state index is -1.09. The molecule has 13 heteroatoms. The van der Waals surface area contributed by atoms with Crippen LogP contribution in [0.1, 0.15) is 43.1 Å². The van der Waals surface area contributed by atoms with Gasteiger partial charge in [-0.3, -0.25) is 14.4 Å². The lowest BCUT2D eigenvalue weighted by molar-refractivity contribution is -0.138. The number of anilines is 1. The Morgan fingerprint density at radius 1 is 1.05 bits per heavy atom. The normalized spacial score (nSPS) is 17.6. The van der Waals surface area contributed by atoms with Crippen molar-refractivity contribution in [3.8, 4) is 11.4 Å². The van der Waals surface area contributed by atoms with Crippen LogP contribution in [0.15, 0.2) is 36.4 Å². The van der Waals surface area contributed by atoms with Gasteiger partial charge in [-0.15, -0.1) is 0 Å². The molecule has 0 radical (unpaired) electrons. The van der Waals surface area contributed by atoms with E-state index < -0.39 is 29.9 Å². The van der Waals surface area contributed by atoms with E-state index in [1.54, 1.807) is 20.1 Å². The maximum absolute atomic E-state index is 13.6. The summed E-state index contributed by atoms with van der Waals surface area (Å²) in [5.74, 6) is -1.15. The number of nitrogens with zero attached hydrogens (tertiary/aromatic N) is 5. The number of aliphatic carboxylic acids is 1. The molecular formula is C29H38N6O7. The molecule has 0 spiro atoms. The number of rotatable bonds is 11. The molecule has 226 valence electrons. The van der Waals surface area contributed by atoms with E-state index in [9.17, 15) is 24.3 Å². The van der Waals surface area contributed by atoms with Gasteiger partial charge in [-0.25, -0.2) is 14.8 Å². The highest BCUT2D eigenvalue weighted by Crippen LogP contribution is 2.27. The molecule has 2 saturated heterocycles. The van der Waals surface area contributed by atoms with Crippen molar-refractivity contribution in [2.24, 2.45) is 0 Å². The van der Waals surface area contributed by atoms with Crippen LogP contribution in [0.25, 0.3) is 11.4 Å². The number of piperazine rings is 1. The van der Waals surface area contributed by atoms with Gasteiger partial charge >= 0.3 is 12.1 Å². The van der Waals surface area contributed by atoms with Gasteiger partial charge < -0.3 is 34.6 Å². The minimum Gasteiger partial charge on any atom is -0.481 e. The molecule has 0 unspecified atom stereocenters. The Morgan fingerprint density at radius 3 is 2.43 bits per heavy atom. The lowest BCUT2D eigenvalue weighted by Gasteiger charge is -2.36. The van der Waals surface area contributed by atoms with Crippen LogP contribution in [0.4, 0.5) is 10.6 Å². The smallest absolute Gasteiger partial charge is 0.409 e. The van der Waals surface area contributed by atoms with E-state index in [-0.39, 0.29) is 57.4 Å². The highest BCUT2D eigenvalue weighted by Gasteiger charge is 2.32. The average Bonchev–Trinajstić information content (AvgIpc) is 3.47. The number of nitrogens with one attached hydrogen (secondary N) is 1. The van der Waals surface area contributed by atoms with Gasteiger partial charge in [-0.05, 0) is 26.2 Å². The summed E-state index contributed by atoms with van der Waals surface area (Å²) in [6, 6.07) is 9.91. The Hall–Kier alpha value is -4.26. The van der Waals surface area contributed by atoms with Crippen molar-refractivity contribution in [1.82, 2.24) is 25.1 Å². The zero-order chi connectivity index (χ0) is 30.1. The molecular weight excluding hydrogens is 544 g/mol. The van der Waals surface area contributed by atoms with Crippen LogP contribution < -0.4 is 10.2 Å². The molecule has 2 aliphatic heterocycles. The summed E-state index contributed by atoms with van der Waals surface area (Å²) in [5.41, 5.74) is 0.802. The SMILES string of the molecule is CCOC(=O)N1CCN(C(=O)[C@H](CCC(=O)O)NC(=O)c2cc(N3CCC[C@@H]3COC)nc(-c3ccccc3)n2)CC1. The number of methoxy groups -OCH3 is 1. The van der Waals surface area contributed by atoms with E-state index in [2.05, 4.69) is 15.2 Å².